The number of nitrogens with one attached hydrogen (secondary N) is 1. The molecule has 1 aromatic carbocycles. The molecule has 1 fully saturated rings. The Morgan fingerprint density at radius 3 is 2.60 bits per heavy atom. The molecule has 108 valence electrons. The van der Waals surface area contributed by atoms with E-state index in [2.05, 4.69) is 5.32 Å². The van der Waals surface area contributed by atoms with E-state index in [0.29, 0.717) is 18.4 Å². The van der Waals surface area contributed by atoms with E-state index in [-0.39, 0.29) is 23.9 Å². The van der Waals surface area contributed by atoms with Crippen molar-refractivity contribution in [1.82, 2.24) is 5.32 Å². The van der Waals surface area contributed by atoms with Gasteiger partial charge in [-0.1, -0.05) is 24.1 Å². The summed E-state index contributed by atoms with van der Waals surface area (Å²) in [6.07, 6.45) is 2.04. The molecule has 0 spiro atoms. The average Bonchev–Trinajstić information content (AvgIpc) is 2.31. The van der Waals surface area contributed by atoms with Crippen molar-refractivity contribution in [1.29, 1.82) is 0 Å². The molecule has 1 amide bonds. The lowest BCUT2D eigenvalue weighted by molar-refractivity contribution is -0.154. The highest BCUT2D eigenvalue weighted by Crippen LogP contribution is 2.40. The van der Waals surface area contributed by atoms with Crippen molar-refractivity contribution in [3.63, 3.8) is 0 Å². The number of hydrogen-bond acceptors (Lipinski definition) is 2. The molecule has 0 atom stereocenters. The highest BCUT2D eigenvalue weighted by molar-refractivity contribution is 6.31. The van der Waals surface area contributed by atoms with Gasteiger partial charge in [0.15, 0.2) is 0 Å². The van der Waals surface area contributed by atoms with Gasteiger partial charge in [0.25, 0.3) is 0 Å². The first-order valence-corrected chi connectivity index (χ1v) is 6.75. The topological polar surface area (TPSA) is 66.4 Å². The molecule has 1 aliphatic carbocycles. The molecule has 6 heteroatoms. The van der Waals surface area contributed by atoms with Crippen LogP contribution in [0.15, 0.2) is 18.2 Å². The van der Waals surface area contributed by atoms with Gasteiger partial charge in [-0.05, 0) is 30.5 Å². The molecule has 1 aromatic rings. The van der Waals surface area contributed by atoms with Gasteiger partial charge in [0.2, 0.25) is 5.91 Å². The van der Waals surface area contributed by atoms with Crippen LogP contribution < -0.4 is 5.32 Å². The SMILES string of the molecule is O=C(Cc1ccc(F)cc1Cl)NCC1(C(=O)O)CCC1. The average molecular weight is 300 g/mol. The van der Waals surface area contributed by atoms with Crippen LogP contribution in [0.1, 0.15) is 24.8 Å². The minimum absolute atomic E-state index is 0.00874. The largest absolute Gasteiger partial charge is 0.481 e. The van der Waals surface area contributed by atoms with Gasteiger partial charge in [0, 0.05) is 11.6 Å². The Morgan fingerprint density at radius 1 is 1.40 bits per heavy atom. The molecule has 0 radical (unpaired) electrons. The van der Waals surface area contributed by atoms with Crippen molar-refractivity contribution in [2.45, 2.75) is 25.7 Å². The van der Waals surface area contributed by atoms with Gasteiger partial charge in [0.1, 0.15) is 5.82 Å². The number of carboxylic acids is 1. The molecule has 0 bridgehead atoms. The number of aliphatic carboxylic acids is 1. The normalized spacial score (nSPS) is 16.3. The Kier molecular flexibility index (Phi) is 4.28. The van der Waals surface area contributed by atoms with Gasteiger partial charge in [-0.3, -0.25) is 9.59 Å². The summed E-state index contributed by atoms with van der Waals surface area (Å²) < 4.78 is 12.9. The van der Waals surface area contributed by atoms with Crippen molar-refractivity contribution in [3.05, 3.63) is 34.6 Å². The lowest BCUT2D eigenvalue weighted by Gasteiger charge is -2.37. The van der Waals surface area contributed by atoms with E-state index in [1.54, 1.807) is 0 Å². The second-order valence-corrected chi connectivity index (χ2v) is 5.54. The maximum Gasteiger partial charge on any atom is 0.311 e. The second-order valence-electron chi connectivity index (χ2n) is 5.13. The summed E-state index contributed by atoms with van der Waals surface area (Å²) >= 11 is 5.84. The van der Waals surface area contributed by atoms with Crippen molar-refractivity contribution < 1.29 is 19.1 Å². The summed E-state index contributed by atoms with van der Waals surface area (Å²) in [6, 6.07) is 3.83. The highest BCUT2D eigenvalue weighted by Gasteiger charge is 2.44. The zero-order valence-corrected chi connectivity index (χ0v) is 11.5. The molecule has 1 saturated carbocycles. The van der Waals surface area contributed by atoms with E-state index in [0.717, 1.165) is 12.5 Å². The van der Waals surface area contributed by atoms with E-state index in [1.165, 1.54) is 12.1 Å². The second kappa shape index (κ2) is 5.79. The molecule has 2 N–H and O–H groups in total. The molecule has 1 aliphatic rings. The van der Waals surface area contributed by atoms with Crippen molar-refractivity contribution in [3.8, 4) is 0 Å². The maximum absolute atomic E-state index is 12.9. The predicted molar refractivity (Wildman–Crippen MR) is 72.0 cm³/mol. The fraction of sp³-hybridized carbons (Fsp3) is 0.429. The number of benzene rings is 1. The molecule has 2 rings (SSSR count). The van der Waals surface area contributed by atoms with Crippen LogP contribution in [0, 0.1) is 11.2 Å². The Morgan fingerprint density at radius 2 is 2.10 bits per heavy atom. The number of rotatable bonds is 5. The first-order valence-electron chi connectivity index (χ1n) is 6.37. The van der Waals surface area contributed by atoms with Crippen LogP contribution in [0.4, 0.5) is 4.39 Å². The third kappa shape index (κ3) is 3.10. The molecule has 20 heavy (non-hydrogen) atoms. The van der Waals surface area contributed by atoms with Crippen LogP contribution in [-0.2, 0) is 16.0 Å². The van der Waals surface area contributed by atoms with Gasteiger partial charge >= 0.3 is 5.97 Å². The minimum atomic E-state index is -0.871. The summed E-state index contributed by atoms with van der Waals surface area (Å²) in [7, 11) is 0. The van der Waals surface area contributed by atoms with Gasteiger partial charge in [-0.2, -0.15) is 0 Å². The van der Waals surface area contributed by atoms with Crippen LogP contribution in [0.2, 0.25) is 5.02 Å². The molecule has 0 saturated heterocycles. The number of carboxylic acid groups (broad SMARTS) is 1. The van der Waals surface area contributed by atoms with E-state index < -0.39 is 17.2 Å². The van der Waals surface area contributed by atoms with Gasteiger partial charge in [0.05, 0.1) is 11.8 Å². The zero-order valence-electron chi connectivity index (χ0n) is 10.8. The van der Waals surface area contributed by atoms with Crippen LogP contribution in [0.5, 0.6) is 0 Å². The summed E-state index contributed by atoms with van der Waals surface area (Å²) in [5.41, 5.74) is -0.300. The van der Waals surface area contributed by atoms with Gasteiger partial charge in [-0.15, -0.1) is 0 Å². The van der Waals surface area contributed by atoms with Gasteiger partial charge in [-0.25, -0.2) is 4.39 Å². The fourth-order valence-electron chi connectivity index (χ4n) is 2.24. The lowest BCUT2D eigenvalue weighted by Crippen LogP contribution is -2.47. The van der Waals surface area contributed by atoms with Crippen molar-refractivity contribution in [2.24, 2.45) is 5.41 Å². The first-order chi connectivity index (χ1) is 9.43. The van der Waals surface area contributed by atoms with Crippen LogP contribution >= 0.6 is 11.6 Å². The monoisotopic (exact) mass is 299 g/mol. The van der Waals surface area contributed by atoms with Crippen LogP contribution in [0.25, 0.3) is 0 Å². The van der Waals surface area contributed by atoms with Crippen molar-refractivity contribution >= 4 is 23.5 Å². The smallest absolute Gasteiger partial charge is 0.311 e. The van der Waals surface area contributed by atoms with E-state index in [9.17, 15) is 14.0 Å². The van der Waals surface area contributed by atoms with Crippen molar-refractivity contribution in [2.75, 3.05) is 6.54 Å². The summed E-state index contributed by atoms with van der Waals surface area (Å²) in [5.74, 6) is -1.65. The molecule has 0 aromatic heterocycles. The number of carbonyl (C=O) groups is 2. The number of hydrogen-bond donors (Lipinski definition) is 2. The Balaban J connectivity index is 1.91. The molecule has 0 aliphatic heterocycles. The zero-order chi connectivity index (χ0) is 14.8. The van der Waals surface area contributed by atoms with E-state index in [1.807, 2.05) is 0 Å². The summed E-state index contributed by atoms with van der Waals surface area (Å²) in [4.78, 5) is 23.0. The Labute approximate surface area is 120 Å². The molecular weight excluding hydrogens is 285 g/mol. The lowest BCUT2D eigenvalue weighted by atomic mass is 9.69. The standard InChI is InChI=1S/C14H15ClFNO3/c15-11-7-10(16)3-2-9(11)6-12(18)17-8-14(13(19)20)4-1-5-14/h2-3,7H,1,4-6,8H2,(H,17,18)(H,19,20). The quantitative estimate of drug-likeness (QED) is 0.877. The molecule has 0 heterocycles. The fourth-order valence-corrected chi connectivity index (χ4v) is 2.47. The number of amides is 1. The highest BCUT2D eigenvalue weighted by atomic mass is 35.5. The first kappa shape index (κ1) is 14.8. The van der Waals surface area contributed by atoms with Crippen LogP contribution in [0.3, 0.4) is 0 Å². The molecular formula is C14H15ClFNO3. The predicted octanol–water partition coefficient (Wildman–Crippen LogP) is 2.39. The Hall–Kier alpha value is -1.62. The number of halogens is 2. The summed E-state index contributed by atoms with van der Waals surface area (Å²) in [5, 5.41) is 12.0. The van der Waals surface area contributed by atoms with Gasteiger partial charge < -0.3 is 10.4 Å². The molecule has 4 nitrogen and oxygen atoms in total. The van der Waals surface area contributed by atoms with Crippen LogP contribution in [-0.4, -0.2) is 23.5 Å². The van der Waals surface area contributed by atoms with E-state index in [4.69, 9.17) is 16.7 Å². The molecule has 0 unspecified atom stereocenters. The maximum atomic E-state index is 12.9. The third-order valence-corrected chi connectivity index (χ3v) is 4.11. The minimum Gasteiger partial charge on any atom is -0.481 e. The third-order valence-electron chi connectivity index (χ3n) is 3.75. The summed E-state index contributed by atoms with van der Waals surface area (Å²) in [6.45, 7) is 0.125. The number of carbonyl (C=O) groups excluding carboxylic acids is 1. The van der Waals surface area contributed by atoms with E-state index >= 15 is 0 Å². The Bertz CT molecular complexity index is 543.